The normalized spacial score (nSPS) is 11.8. The zero-order chi connectivity index (χ0) is 17.6. The van der Waals surface area contributed by atoms with Crippen molar-refractivity contribution in [2.75, 3.05) is 27.2 Å². The first kappa shape index (κ1) is 19.4. The number of nitrogens with zero attached hydrogens (tertiary/aromatic N) is 2. The molecule has 0 atom stereocenters. The Bertz CT molecular complexity index is 609. The first-order valence-corrected chi connectivity index (χ1v) is 9.01. The number of likely N-dealkylation sites (N-methyl/N-ethyl adjacent to an activating group) is 1. The van der Waals surface area contributed by atoms with E-state index in [-0.39, 0.29) is 11.7 Å². The first-order valence-electron chi connectivity index (χ1n) is 7.54. The van der Waals surface area contributed by atoms with E-state index in [1.54, 1.807) is 49.9 Å². The van der Waals surface area contributed by atoms with Crippen LogP contribution in [0.15, 0.2) is 24.3 Å². The average Bonchev–Trinajstić information content (AvgIpc) is 2.44. The van der Waals surface area contributed by atoms with Crippen LogP contribution >= 0.6 is 0 Å². The van der Waals surface area contributed by atoms with Crippen molar-refractivity contribution in [2.24, 2.45) is 0 Å². The molecule has 0 saturated carbocycles. The lowest BCUT2D eigenvalue weighted by Crippen LogP contribution is -2.34. The third-order valence-electron chi connectivity index (χ3n) is 3.35. The van der Waals surface area contributed by atoms with Gasteiger partial charge in [0.2, 0.25) is 5.91 Å². The van der Waals surface area contributed by atoms with Crippen LogP contribution in [0.3, 0.4) is 0 Å². The van der Waals surface area contributed by atoms with Gasteiger partial charge in [0.05, 0.1) is 5.25 Å². The molecule has 0 aliphatic rings. The largest absolute Gasteiger partial charge is 0.382 e. The molecule has 0 aliphatic carbocycles. The second-order valence-corrected chi connectivity index (χ2v) is 8.11. The van der Waals surface area contributed by atoms with E-state index >= 15 is 0 Å². The highest BCUT2D eigenvalue weighted by Crippen LogP contribution is 2.17. The van der Waals surface area contributed by atoms with Crippen molar-refractivity contribution >= 4 is 16.0 Å². The number of hydrogen-bond donors (Lipinski definition) is 0. The summed E-state index contributed by atoms with van der Waals surface area (Å²) in [4.78, 5) is 15.5. The second-order valence-electron chi connectivity index (χ2n) is 6.01. The number of benzene rings is 1. The summed E-state index contributed by atoms with van der Waals surface area (Å²) in [6.45, 7) is 6.59. The van der Waals surface area contributed by atoms with Crippen LogP contribution in [0.25, 0.3) is 0 Å². The molecule has 6 nitrogen and oxygen atoms in total. The minimum absolute atomic E-state index is 0.00885. The van der Waals surface area contributed by atoms with Gasteiger partial charge in [0.15, 0.2) is 0 Å². The Kier molecular flexibility index (Phi) is 7.02. The summed E-state index contributed by atoms with van der Waals surface area (Å²) in [6, 6.07) is 6.77. The van der Waals surface area contributed by atoms with Crippen molar-refractivity contribution in [3.05, 3.63) is 29.8 Å². The van der Waals surface area contributed by atoms with E-state index in [4.69, 9.17) is 4.18 Å². The molecule has 0 saturated heterocycles. The van der Waals surface area contributed by atoms with Gasteiger partial charge in [-0.25, -0.2) is 0 Å². The summed E-state index contributed by atoms with van der Waals surface area (Å²) in [6.07, 6.45) is 0. The van der Waals surface area contributed by atoms with Gasteiger partial charge in [-0.05, 0) is 45.6 Å². The van der Waals surface area contributed by atoms with E-state index < -0.39 is 15.4 Å². The fourth-order valence-corrected chi connectivity index (χ4v) is 2.34. The van der Waals surface area contributed by atoms with E-state index in [2.05, 4.69) is 0 Å². The van der Waals surface area contributed by atoms with Crippen LogP contribution in [0.1, 0.15) is 26.3 Å². The molecular formula is C16H26N2O4S. The number of rotatable bonds is 8. The lowest BCUT2D eigenvalue weighted by molar-refractivity contribution is -0.129. The highest BCUT2D eigenvalue weighted by atomic mass is 32.2. The van der Waals surface area contributed by atoms with Gasteiger partial charge in [-0.3, -0.25) is 4.79 Å². The molecule has 130 valence electrons. The van der Waals surface area contributed by atoms with Crippen LogP contribution in [0.2, 0.25) is 0 Å². The molecule has 0 unspecified atom stereocenters. The number of hydrogen-bond acceptors (Lipinski definition) is 5. The topological polar surface area (TPSA) is 66.9 Å². The molecule has 0 N–H and O–H groups in total. The predicted molar refractivity (Wildman–Crippen MR) is 90.8 cm³/mol. The molecule has 0 radical (unpaired) electrons. The third kappa shape index (κ3) is 6.58. The smallest absolute Gasteiger partial charge is 0.311 e. The van der Waals surface area contributed by atoms with Crippen LogP contribution in [-0.2, 0) is 21.5 Å². The highest BCUT2D eigenvalue weighted by molar-refractivity contribution is 7.87. The van der Waals surface area contributed by atoms with Gasteiger partial charge in [0.25, 0.3) is 0 Å². The van der Waals surface area contributed by atoms with E-state index in [0.29, 0.717) is 13.1 Å². The first-order chi connectivity index (χ1) is 10.6. The SMILES string of the molecule is CC(=O)N(CCN(C)C)Cc1ccc(OS(=O)(=O)C(C)C)cc1. The van der Waals surface area contributed by atoms with Crippen molar-refractivity contribution < 1.29 is 17.4 Å². The number of amides is 1. The minimum Gasteiger partial charge on any atom is -0.382 e. The van der Waals surface area contributed by atoms with E-state index in [9.17, 15) is 13.2 Å². The van der Waals surface area contributed by atoms with E-state index in [0.717, 1.165) is 12.1 Å². The molecule has 0 spiro atoms. The van der Waals surface area contributed by atoms with Gasteiger partial charge in [-0.15, -0.1) is 0 Å². The number of carbonyl (C=O) groups is 1. The molecule has 7 heteroatoms. The Hall–Kier alpha value is -1.60. The van der Waals surface area contributed by atoms with Crippen molar-refractivity contribution in [3.63, 3.8) is 0 Å². The van der Waals surface area contributed by atoms with E-state index in [1.807, 2.05) is 19.0 Å². The fraction of sp³-hybridized carbons (Fsp3) is 0.562. The Labute approximate surface area is 139 Å². The van der Waals surface area contributed by atoms with Crippen LogP contribution in [0.5, 0.6) is 5.75 Å². The lowest BCUT2D eigenvalue weighted by Gasteiger charge is -2.23. The monoisotopic (exact) mass is 342 g/mol. The van der Waals surface area contributed by atoms with Gasteiger partial charge >= 0.3 is 10.1 Å². The lowest BCUT2D eigenvalue weighted by atomic mass is 10.2. The summed E-state index contributed by atoms with van der Waals surface area (Å²) in [5, 5.41) is -0.596. The minimum atomic E-state index is -3.59. The number of carbonyl (C=O) groups excluding carboxylic acids is 1. The Morgan fingerprint density at radius 1 is 1.13 bits per heavy atom. The maximum Gasteiger partial charge on any atom is 0.311 e. The van der Waals surface area contributed by atoms with Crippen molar-refractivity contribution in [2.45, 2.75) is 32.6 Å². The van der Waals surface area contributed by atoms with Gasteiger partial charge < -0.3 is 14.0 Å². The summed E-state index contributed by atoms with van der Waals surface area (Å²) in [5.74, 6) is 0.291. The van der Waals surface area contributed by atoms with Crippen LogP contribution < -0.4 is 4.18 Å². The Morgan fingerprint density at radius 3 is 2.13 bits per heavy atom. The Balaban J connectivity index is 2.73. The van der Waals surface area contributed by atoms with Gasteiger partial charge in [-0.1, -0.05) is 12.1 Å². The van der Waals surface area contributed by atoms with Crippen LogP contribution in [0.4, 0.5) is 0 Å². The van der Waals surface area contributed by atoms with Crippen LogP contribution in [0, 0.1) is 0 Å². The molecule has 1 amide bonds. The molecule has 1 aromatic carbocycles. The van der Waals surface area contributed by atoms with Crippen molar-refractivity contribution in [1.29, 1.82) is 0 Å². The third-order valence-corrected chi connectivity index (χ3v) is 4.93. The standard InChI is InChI=1S/C16H26N2O4S/c1-13(2)23(20,21)22-16-8-6-15(7-9-16)12-18(14(3)19)11-10-17(4)5/h6-9,13H,10-12H2,1-5H3. The molecule has 0 bridgehead atoms. The fourth-order valence-electron chi connectivity index (χ4n) is 1.77. The second kappa shape index (κ2) is 8.31. The molecule has 23 heavy (non-hydrogen) atoms. The Morgan fingerprint density at radius 2 is 1.70 bits per heavy atom. The predicted octanol–water partition coefficient (Wildman–Crippen LogP) is 1.71. The summed E-state index contributed by atoms with van der Waals surface area (Å²) >= 11 is 0. The molecular weight excluding hydrogens is 316 g/mol. The van der Waals surface area contributed by atoms with Crippen molar-refractivity contribution in [3.8, 4) is 5.75 Å². The summed E-state index contributed by atoms with van der Waals surface area (Å²) in [5.41, 5.74) is 0.924. The van der Waals surface area contributed by atoms with Crippen molar-refractivity contribution in [1.82, 2.24) is 9.80 Å². The highest BCUT2D eigenvalue weighted by Gasteiger charge is 2.18. The zero-order valence-corrected chi connectivity index (χ0v) is 15.3. The van der Waals surface area contributed by atoms with Gasteiger partial charge in [0, 0.05) is 26.6 Å². The molecule has 0 fully saturated rings. The summed E-state index contributed by atoms with van der Waals surface area (Å²) < 4.78 is 28.5. The molecule has 0 aliphatic heterocycles. The van der Waals surface area contributed by atoms with E-state index in [1.165, 1.54) is 0 Å². The zero-order valence-electron chi connectivity index (χ0n) is 14.4. The van der Waals surface area contributed by atoms with Gasteiger partial charge in [-0.2, -0.15) is 8.42 Å². The molecule has 0 aromatic heterocycles. The maximum absolute atomic E-state index is 11.7. The molecule has 1 rings (SSSR count). The average molecular weight is 342 g/mol. The molecule has 0 heterocycles. The van der Waals surface area contributed by atoms with Gasteiger partial charge in [0.1, 0.15) is 5.75 Å². The molecule has 1 aromatic rings. The van der Waals surface area contributed by atoms with Crippen LogP contribution in [-0.4, -0.2) is 56.6 Å². The summed E-state index contributed by atoms with van der Waals surface area (Å²) in [7, 11) is 0.327. The maximum atomic E-state index is 11.7. The quantitative estimate of drug-likeness (QED) is 0.673.